The smallest absolute Gasteiger partial charge is 0.317 e. The first kappa shape index (κ1) is 18.3. The summed E-state index contributed by atoms with van der Waals surface area (Å²) >= 11 is 0. The van der Waals surface area contributed by atoms with Gasteiger partial charge < -0.3 is 15.5 Å². The summed E-state index contributed by atoms with van der Waals surface area (Å²) in [6.45, 7) is 7.26. The summed E-state index contributed by atoms with van der Waals surface area (Å²) < 4.78 is 0. The summed E-state index contributed by atoms with van der Waals surface area (Å²) in [5, 5.41) is 5.92. The van der Waals surface area contributed by atoms with Crippen molar-refractivity contribution in [1.82, 2.24) is 15.1 Å². The quantitative estimate of drug-likeness (QED) is 0.839. The van der Waals surface area contributed by atoms with Gasteiger partial charge in [-0.3, -0.25) is 9.69 Å². The molecule has 1 aromatic rings. The van der Waals surface area contributed by atoms with Gasteiger partial charge in [-0.15, -0.1) is 0 Å². The fourth-order valence-electron chi connectivity index (χ4n) is 2.84. The number of amides is 3. The minimum atomic E-state index is -0.0179. The maximum Gasteiger partial charge on any atom is 0.317 e. The van der Waals surface area contributed by atoms with E-state index in [1.807, 2.05) is 42.2 Å². The van der Waals surface area contributed by atoms with Gasteiger partial charge in [0.15, 0.2) is 0 Å². The summed E-state index contributed by atoms with van der Waals surface area (Å²) in [4.78, 5) is 28.2. The summed E-state index contributed by atoms with van der Waals surface area (Å²) in [6.07, 6.45) is 2.05. The molecule has 0 aromatic heterocycles. The summed E-state index contributed by atoms with van der Waals surface area (Å²) in [5.41, 5.74) is 0.811. The van der Waals surface area contributed by atoms with Gasteiger partial charge in [0.1, 0.15) is 0 Å². The number of piperazine rings is 1. The molecular weight excluding hydrogens is 304 g/mol. The third kappa shape index (κ3) is 5.85. The number of rotatable bonds is 6. The van der Waals surface area contributed by atoms with E-state index in [0.29, 0.717) is 19.6 Å². The van der Waals surface area contributed by atoms with E-state index in [2.05, 4.69) is 22.5 Å². The third-order valence-electron chi connectivity index (χ3n) is 4.18. The van der Waals surface area contributed by atoms with Crippen LogP contribution in [0.5, 0.6) is 0 Å². The number of urea groups is 1. The third-order valence-corrected chi connectivity index (χ3v) is 4.18. The van der Waals surface area contributed by atoms with Crippen molar-refractivity contribution in [3.63, 3.8) is 0 Å². The lowest BCUT2D eigenvalue weighted by Gasteiger charge is -2.34. The number of benzene rings is 1. The number of nitrogens with one attached hydrogen (secondary N) is 2. The molecule has 1 aliphatic rings. The highest BCUT2D eigenvalue weighted by molar-refractivity contribution is 5.92. The Morgan fingerprint density at radius 2 is 1.79 bits per heavy atom. The molecule has 1 saturated heterocycles. The van der Waals surface area contributed by atoms with Crippen LogP contribution in [0.2, 0.25) is 0 Å². The van der Waals surface area contributed by atoms with Crippen molar-refractivity contribution in [2.45, 2.75) is 32.7 Å². The standard InChI is InChI=1S/C18H28N4O2/c1-3-7-15(2)19-18(24)22-12-10-21(11-13-22)14-17(23)20-16-8-5-4-6-9-16/h4-6,8-9,15H,3,7,10-14H2,1-2H3,(H,19,24)(H,20,23)/t15-/m0/s1. The molecule has 6 nitrogen and oxygen atoms in total. The van der Waals surface area contributed by atoms with Crippen molar-refractivity contribution in [2.75, 3.05) is 38.0 Å². The normalized spacial score (nSPS) is 16.5. The van der Waals surface area contributed by atoms with Crippen LogP contribution >= 0.6 is 0 Å². The van der Waals surface area contributed by atoms with Crippen LogP contribution in [0, 0.1) is 0 Å². The van der Waals surface area contributed by atoms with E-state index in [1.54, 1.807) is 0 Å². The molecule has 2 rings (SSSR count). The number of hydrogen-bond acceptors (Lipinski definition) is 3. The fourth-order valence-corrected chi connectivity index (χ4v) is 2.84. The highest BCUT2D eigenvalue weighted by Crippen LogP contribution is 2.07. The minimum Gasteiger partial charge on any atom is -0.336 e. The Bertz CT molecular complexity index is 527. The van der Waals surface area contributed by atoms with Crippen LogP contribution in [0.3, 0.4) is 0 Å². The molecular formula is C18H28N4O2. The number of hydrogen-bond donors (Lipinski definition) is 2. The second-order valence-electron chi connectivity index (χ2n) is 6.32. The van der Waals surface area contributed by atoms with Gasteiger partial charge in [-0.1, -0.05) is 31.5 Å². The van der Waals surface area contributed by atoms with Crippen molar-refractivity contribution >= 4 is 17.6 Å². The Morgan fingerprint density at radius 3 is 2.42 bits per heavy atom. The van der Waals surface area contributed by atoms with E-state index in [-0.39, 0.29) is 18.0 Å². The first-order valence-electron chi connectivity index (χ1n) is 8.71. The van der Waals surface area contributed by atoms with E-state index < -0.39 is 0 Å². The first-order valence-corrected chi connectivity index (χ1v) is 8.71. The van der Waals surface area contributed by atoms with Crippen LogP contribution in [0.25, 0.3) is 0 Å². The summed E-state index contributed by atoms with van der Waals surface area (Å²) in [7, 11) is 0. The molecule has 132 valence electrons. The molecule has 0 saturated carbocycles. The average molecular weight is 332 g/mol. The van der Waals surface area contributed by atoms with E-state index >= 15 is 0 Å². The first-order chi connectivity index (χ1) is 11.6. The number of carbonyl (C=O) groups excluding carboxylic acids is 2. The number of anilines is 1. The van der Waals surface area contributed by atoms with Crippen molar-refractivity contribution in [1.29, 1.82) is 0 Å². The molecule has 3 amide bonds. The predicted molar refractivity (Wildman–Crippen MR) is 96.0 cm³/mol. The SMILES string of the molecule is CCC[C@H](C)NC(=O)N1CCN(CC(=O)Nc2ccccc2)CC1. The van der Waals surface area contributed by atoms with Gasteiger partial charge in [-0.25, -0.2) is 4.79 Å². The Labute approximate surface area is 144 Å². The minimum absolute atomic E-state index is 0.00402. The Hall–Kier alpha value is -2.08. The van der Waals surface area contributed by atoms with E-state index in [9.17, 15) is 9.59 Å². The molecule has 0 radical (unpaired) electrons. The lowest BCUT2D eigenvalue weighted by Crippen LogP contribution is -2.54. The average Bonchev–Trinajstić information content (AvgIpc) is 2.56. The van der Waals surface area contributed by atoms with Gasteiger partial charge >= 0.3 is 6.03 Å². The van der Waals surface area contributed by atoms with Crippen molar-refractivity contribution in [3.8, 4) is 0 Å². The van der Waals surface area contributed by atoms with Crippen LogP contribution < -0.4 is 10.6 Å². The monoisotopic (exact) mass is 332 g/mol. The second-order valence-corrected chi connectivity index (χ2v) is 6.32. The zero-order chi connectivity index (χ0) is 17.4. The molecule has 1 aromatic carbocycles. The molecule has 1 heterocycles. The van der Waals surface area contributed by atoms with Crippen LogP contribution in [-0.4, -0.2) is 60.5 Å². The molecule has 0 unspecified atom stereocenters. The summed E-state index contributed by atoms with van der Waals surface area (Å²) in [6, 6.07) is 9.66. The maximum absolute atomic E-state index is 12.2. The van der Waals surface area contributed by atoms with Crippen molar-refractivity contribution in [2.24, 2.45) is 0 Å². The molecule has 0 spiro atoms. The van der Waals surface area contributed by atoms with Crippen LogP contribution in [0.4, 0.5) is 10.5 Å². The molecule has 2 N–H and O–H groups in total. The van der Waals surface area contributed by atoms with Gasteiger partial charge in [0.05, 0.1) is 6.54 Å². The lowest BCUT2D eigenvalue weighted by molar-refractivity contribution is -0.117. The van der Waals surface area contributed by atoms with Crippen molar-refractivity contribution < 1.29 is 9.59 Å². The van der Waals surface area contributed by atoms with Gasteiger partial charge in [-0.05, 0) is 25.5 Å². The Kier molecular flexibility index (Phi) is 7.06. The largest absolute Gasteiger partial charge is 0.336 e. The van der Waals surface area contributed by atoms with Crippen molar-refractivity contribution in [3.05, 3.63) is 30.3 Å². The molecule has 0 aliphatic carbocycles. The molecule has 1 aliphatic heterocycles. The maximum atomic E-state index is 12.2. The molecule has 1 fully saturated rings. The molecule has 6 heteroatoms. The van der Waals surface area contributed by atoms with E-state index in [0.717, 1.165) is 31.6 Å². The zero-order valence-corrected chi connectivity index (χ0v) is 14.6. The Balaban J connectivity index is 1.70. The van der Waals surface area contributed by atoms with Crippen LogP contribution in [0.1, 0.15) is 26.7 Å². The topological polar surface area (TPSA) is 64.7 Å². The van der Waals surface area contributed by atoms with Gasteiger partial charge in [0.2, 0.25) is 5.91 Å². The molecule has 1 atom stereocenters. The molecule has 24 heavy (non-hydrogen) atoms. The van der Waals surface area contributed by atoms with Gasteiger partial charge in [0, 0.05) is 37.9 Å². The lowest BCUT2D eigenvalue weighted by atomic mass is 10.2. The van der Waals surface area contributed by atoms with Crippen LogP contribution in [0.15, 0.2) is 30.3 Å². The zero-order valence-electron chi connectivity index (χ0n) is 14.6. The predicted octanol–water partition coefficient (Wildman–Crippen LogP) is 2.14. The number of nitrogens with zero attached hydrogens (tertiary/aromatic N) is 2. The Morgan fingerprint density at radius 1 is 1.12 bits per heavy atom. The fraction of sp³-hybridized carbons (Fsp3) is 0.556. The van der Waals surface area contributed by atoms with E-state index in [1.165, 1.54) is 0 Å². The highest BCUT2D eigenvalue weighted by Gasteiger charge is 2.23. The number of para-hydroxylation sites is 1. The van der Waals surface area contributed by atoms with Gasteiger partial charge in [0.25, 0.3) is 0 Å². The second kappa shape index (κ2) is 9.27. The van der Waals surface area contributed by atoms with E-state index in [4.69, 9.17) is 0 Å². The highest BCUT2D eigenvalue weighted by atomic mass is 16.2. The summed E-state index contributed by atoms with van der Waals surface area (Å²) in [5.74, 6) is -0.0179. The number of carbonyl (C=O) groups is 2. The molecule has 0 bridgehead atoms. The van der Waals surface area contributed by atoms with Gasteiger partial charge in [-0.2, -0.15) is 0 Å². The van der Waals surface area contributed by atoms with Crippen LogP contribution in [-0.2, 0) is 4.79 Å².